The molecule has 0 unspecified atom stereocenters. The van der Waals surface area contributed by atoms with Crippen molar-refractivity contribution in [1.29, 1.82) is 0 Å². The third kappa shape index (κ3) is 5.98. The number of amidine groups is 1. The molecule has 0 bridgehead atoms. The molecule has 35 heavy (non-hydrogen) atoms. The Morgan fingerprint density at radius 2 is 1.91 bits per heavy atom. The molecule has 6 nitrogen and oxygen atoms in total. The van der Waals surface area contributed by atoms with E-state index in [2.05, 4.69) is 20.9 Å². The summed E-state index contributed by atoms with van der Waals surface area (Å²) in [6, 6.07) is 18.3. The van der Waals surface area contributed by atoms with Crippen molar-refractivity contribution < 1.29 is 23.5 Å². The largest absolute Gasteiger partial charge is 0.488 e. The molecule has 4 rings (SSSR count). The first-order valence-corrected chi connectivity index (χ1v) is 12.1. The van der Waals surface area contributed by atoms with Crippen molar-refractivity contribution in [3.63, 3.8) is 0 Å². The Kier molecular flexibility index (Phi) is 7.67. The Bertz CT molecular complexity index is 1340. The van der Waals surface area contributed by atoms with Crippen LogP contribution < -0.4 is 4.74 Å². The number of carbonyl (C=O) groups is 2. The number of aliphatic imine (C=N–C) groups is 1. The number of halogens is 2. The van der Waals surface area contributed by atoms with Gasteiger partial charge in [0.05, 0.1) is 23.3 Å². The van der Waals surface area contributed by atoms with E-state index in [0.717, 1.165) is 4.47 Å². The van der Waals surface area contributed by atoms with E-state index in [4.69, 9.17) is 9.47 Å². The number of ether oxygens (including phenoxy) is 2. The predicted octanol–water partition coefficient (Wildman–Crippen LogP) is 6.19. The van der Waals surface area contributed by atoms with Gasteiger partial charge in [0.2, 0.25) is 0 Å². The van der Waals surface area contributed by atoms with Gasteiger partial charge in [0, 0.05) is 17.1 Å². The molecule has 1 aliphatic heterocycles. The highest BCUT2D eigenvalue weighted by Gasteiger charge is 2.30. The van der Waals surface area contributed by atoms with Gasteiger partial charge in [0.15, 0.2) is 5.17 Å². The number of esters is 1. The van der Waals surface area contributed by atoms with Crippen LogP contribution in [-0.2, 0) is 16.1 Å². The normalized spacial score (nSPS) is 15.7. The zero-order chi connectivity index (χ0) is 24.9. The molecule has 1 amide bonds. The van der Waals surface area contributed by atoms with E-state index in [1.807, 2.05) is 12.1 Å². The molecule has 1 fully saturated rings. The maximum Gasteiger partial charge on any atom is 0.337 e. The molecule has 1 aliphatic rings. The number of thioether (sulfide) groups is 1. The summed E-state index contributed by atoms with van der Waals surface area (Å²) in [5, 5.41) is 0.504. The fraction of sp³-hybridized carbons (Fsp3) is 0.115. The van der Waals surface area contributed by atoms with E-state index in [-0.39, 0.29) is 18.3 Å². The second kappa shape index (κ2) is 10.9. The van der Waals surface area contributed by atoms with Crippen LogP contribution >= 0.6 is 27.7 Å². The standard InChI is InChI=1S/C26H20BrFN2O4S/c1-30-24(31)23(35-26(30)29-21-9-6-17(7-10-21)25(32)33-2)14-18-13-19(27)8-11-22(18)34-15-16-4-3-5-20(28)12-16/h3-14H,15H2,1-2H3/b23-14-,29-26?. The lowest BCUT2D eigenvalue weighted by molar-refractivity contribution is -0.121. The summed E-state index contributed by atoms with van der Waals surface area (Å²) in [7, 11) is 2.98. The lowest BCUT2D eigenvalue weighted by atomic mass is 10.1. The molecule has 9 heteroatoms. The number of carbonyl (C=O) groups excluding carboxylic acids is 2. The molecular formula is C26H20BrFN2O4S. The van der Waals surface area contributed by atoms with E-state index in [0.29, 0.717) is 38.2 Å². The summed E-state index contributed by atoms with van der Waals surface area (Å²) in [6.45, 7) is 0.185. The van der Waals surface area contributed by atoms with Crippen LogP contribution in [0.2, 0.25) is 0 Å². The molecule has 0 aromatic heterocycles. The van der Waals surface area contributed by atoms with Gasteiger partial charge in [0.1, 0.15) is 18.2 Å². The van der Waals surface area contributed by atoms with Crippen molar-refractivity contribution in [2.75, 3.05) is 14.2 Å². The van der Waals surface area contributed by atoms with Gasteiger partial charge in [0.25, 0.3) is 5.91 Å². The summed E-state index contributed by atoms with van der Waals surface area (Å²) in [5.74, 6) is -0.394. The first-order valence-electron chi connectivity index (χ1n) is 10.5. The van der Waals surface area contributed by atoms with Crippen LogP contribution in [0.25, 0.3) is 6.08 Å². The quantitative estimate of drug-likeness (QED) is 0.268. The summed E-state index contributed by atoms with van der Waals surface area (Å²) >= 11 is 4.70. The molecule has 0 radical (unpaired) electrons. The highest BCUT2D eigenvalue weighted by atomic mass is 79.9. The van der Waals surface area contributed by atoms with Crippen molar-refractivity contribution in [1.82, 2.24) is 4.90 Å². The van der Waals surface area contributed by atoms with E-state index in [9.17, 15) is 14.0 Å². The fourth-order valence-corrected chi connectivity index (χ4v) is 4.60. The average Bonchev–Trinajstić information content (AvgIpc) is 3.11. The molecule has 0 atom stereocenters. The third-order valence-electron chi connectivity index (χ3n) is 5.06. The lowest BCUT2D eigenvalue weighted by Crippen LogP contribution is -2.23. The summed E-state index contributed by atoms with van der Waals surface area (Å²) in [5.41, 5.74) is 2.41. The summed E-state index contributed by atoms with van der Waals surface area (Å²) in [6.07, 6.45) is 1.75. The molecule has 0 saturated carbocycles. The third-order valence-corrected chi connectivity index (χ3v) is 6.61. The number of benzene rings is 3. The van der Waals surface area contributed by atoms with Crippen molar-refractivity contribution in [3.8, 4) is 5.75 Å². The molecular weight excluding hydrogens is 535 g/mol. The minimum atomic E-state index is -0.429. The maximum absolute atomic E-state index is 13.5. The Balaban J connectivity index is 1.56. The van der Waals surface area contributed by atoms with Gasteiger partial charge in [-0.1, -0.05) is 28.1 Å². The van der Waals surface area contributed by atoms with Crippen LogP contribution in [0.1, 0.15) is 21.5 Å². The van der Waals surface area contributed by atoms with Gasteiger partial charge in [-0.3, -0.25) is 9.69 Å². The second-order valence-corrected chi connectivity index (χ2v) is 9.43. The number of hydrogen-bond donors (Lipinski definition) is 0. The van der Waals surface area contributed by atoms with Gasteiger partial charge in [-0.15, -0.1) is 0 Å². The van der Waals surface area contributed by atoms with Gasteiger partial charge >= 0.3 is 5.97 Å². The van der Waals surface area contributed by atoms with Crippen molar-refractivity contribution in [2.24, 2.45) is 4.99 Å². The number of amides is 1. The first-order chi connectivity index (χ1) is 16.8. The molecule has 3 aromatic carbocycles. The highest BCUT2D eigenvalue weighted by molar-refractivity contribution is 9.10. The topological polar surface area (TPSA) is 68.2 Å². The smallest absolute Gasteiger partial charge is 0.337 e. The molecule has 0 aliphatic carbocycles. The predicted molar refractivity (Wildman–Crippen MR) is 138 cm³/mol. The number of methoxy groups -OCH3 is 1. The van der Waals surface area contributed by atoms with Crippen LogP contribution in [0.15, 0.2) is 81.1 Å². The number of rotatable bonds is 6. The van der Waals surface area contributed by atoms with Gasteiger partial charge in [-0.2, -0.15) is 0 Å². The fourth-order valence-electron chi connectivity index (χ4n) is 3.24. The minimum Gasteiger partial charge on any atom is -0.488 e. The van der Waals surface area contributed by atoms with E-state index < -0.39 is 5.97 Å². The Hall–Kier alpha value is -3.43. The van der Waals surface area contributed by atoms with E-state index in [1.165, 1.54) is 35.9 Å². The zero-order valence-electron chi connectivity index (χ0n) is 18.8. The molecule has 0 N–H and O–H groups in total. The van der Waals surface area contributed by atoms with Gasteiger partial charge in [-0.25, -0.2) is 14.2 Å². The van der Waals surface area contributed by atoms with E-state index >= 15 is 0 Å². The SMILES string of the molecule is COC(=O)c1ccc(N=C2S/C(=C\c3cc(Br)ccc3OCc3cccc(F)c3)C(=O)N2C)cc1. The van der Waals surface area contributed by atoms with Crippen LogP contribution in [0, 0.1) is 5.82 Å². The Labute approximate surface area is 214 Å². The summed E-state index contributed by atoms with van der Waals surface area (Å²) < 4.78 is 25.0. The zero-order valence-corrected chi connectivity index (χ0v) is 21.2. The van der Waals surface area contributed by atoms with Gasteiger partial charge in [-0.05, 0) is 78.0 Å². The second-order valence-electron chi connectivity index (χ2n) is 7.51. The Morgan fingerprint density at radius 1 is 1.14 bits per heavy atom. The number of likely N-dealkylation sites (N-methyl/N-ethyl adjacent to an activating group) is 1. The van der Waals surface area contributed by atoms with E-state index in [1.54, 1.807) is 55.6 Å². The first kappa shape index (κ1) is 24.7. The van der Waals surface area contributed by atoms with Crippen molar-refractivity contribution in [2.45, 2.75) is 6.61 Å². The Morgan fingerprint density at radius 3 is 2.63 bits per heavy atom. The van der Waals surface area contributed by atoms with Gasteiger partial charge < -0.3 is 9.47 Å². The maximum atomic E-state index is 13.5. The van der Waals surface area contributed by atoms with Crippen LogP contribution in [0.4, 0.5) is 10.1 Å². The van der Waals surface area contributed by atoms with Crippen LogP contribution in [0.5, 0.6) is 5.75 Å². The summed E-state index contributed by atoms with van der Waals surface area (Å²) in [4.78, 5) is 31.0. The molecule has 1 heterocycles. The lowest BCUT2D eigenvalue weighted by Gasteiger charge is -2.10. The minimum absolute atomic E-state index is 0.185. The highest BCUT2D eigenvalue weighted by Crippen LogP contribution is 2.35. The van der Waals surface area contributed by atoms with Crippen LogP contribution in [0.3, 0.4) is 0 Å². The monoisotopic (exact) mass is 554 g/mol. The molecule has 178 valence electrons. The van der Waals surface area contributed by atoms with Crippen LogP contribution in [-0.4, -0.2) is 36.1 Å². The number of nitrogens with zero attached hydrogens (tertiary/aromatic N) is 2. The molecule has 0 spiro atoms. The average molecular weight is 555 g/mol. The molecule has 3 aromatic rings. The van der Waals surface area contributed by atoms with Crippen molar-refractivity contribution in [3.05, 3.63) is 98.6 Å². The van der Waals surface area contributed by atoms with Crippen molar-refractivity contribution >= 4 is 56.5 Å². The molecule has 1 saturated heterocycles. The number of hydrogen-bond acceptors (Lipinski definition) is 6.